The van der Waals surface area contributed by atoms with Crippen molar-refractivity contribution in [1.29, 1.82) is 0 Å². The second-order valence-electron chi connectivity index (χ2n) is 2.85. The van der Waals surface area contributed by atoms with Gasteiger partial charge in [-0.15, -0.1) is 0 Å². The molecule has 1 rings (SSSR count). The van der Waals surface area contributed by atoms with Gasteiger partial charge in [-0.3, -0.25) is 10.1 Å². The van der Waals surface area contributed by atoms with E-state index in [-0.39, 0.29) is 15.4 Å². The van der Waals surface area contributed by atoms with Crippen molar-refractivity contribution in [3.8, 4) is 0 Å². The summed E-state index contributed by atoms with van der Waals surface area (Å²) >= 11 is 5.81. The van der Waals surface area contributed by atoms with Crippen LogP contribution in [0.2, 0.25) is 0 Å². The van der Waals surface area contributed by atoms with Gasteiger partial charge in [0.25, 0.3) is 5.69 Å². The fourth-order valence-electron chi connectivity index (χ4n) is 1.22. The molecule has 0 spiro atoms. The zero-order valence-electron chi connectivity index (χ0n) is 7.52. The summed E-state index contributed by atoms with van der Waals surface area (Å²) in [5.74, 6) is 0. The number of hydrogen-bond acceptors (Lipinski definition) is 2. The SMILES string of the molecule is O=[N+]([O-])c1cc(Br)cc(CBr)c1C(F)(F)F. The molecular weight excluding hydrogens is 359 g/mol. The first-order valence-corrected chi connectivity index (χ1v) is 5.78. The third-order valence-electron chi connectivity index (χ3n) is 1.79. The third-order valence-corrected chi connectivity index (χ3v) is 2.85. The van der Waals surface area contributed by atoms with Crippen molar-refractivity contribution in [2.45, 2.75) is 11.5 Å². The molecule has 88 valence electrons. The smallest absolute Gasteiger partial charge is 0.258 e. The maximum Gasteiger partial charge on any atom is 0.423 e. The van der Waals surface area contributed by atoms with E-state index in [0.717, 1.165) is 6.07 Å². The predicted molar refractivity (Wildman–Crippen MR) is 58.4 cm³/mol. The van der Waals surface area contributed by atoms with Crippen LogP contribution in [-0.4, -0.2) is 4.92 Å². The van der Waals surface area contributed by atoms with Crippen LogP contribution in [0, 0.1) is 10.1 Å². The van der Waals surface area contributed by atoms with E-state index in [1.54, 1.807) is 0 Å². The zero-order chi connectivity index (χ0) is 12.5. The van der Waals surface area contributed by atoms with Gasteiger partial charge in [0.2, 0.25) is 0 Å². The van der Waals surface area contributed by atoms with E-state index in [2.05, 4.69) is 31.9 Å². The molecule has 8 heteroatoms. The summed E-state index contributed by atoms with van der Waals surface area (Å²) < 4.78 is 38.2. The molecule has 0 fully saturated rings. The maximum absolute atomic E-state index is 12.6. The number of alkyl halides is 4. The van der Waals surface area contributed by atoms with Crippen LogP contribution in [0.5, 0.6) is 0 Å². The average Bonchev–Trinajstić information content (AvgIpc) is 2.14. The van der Waals surface area contributed by atoms with Gasteiger partial charge in [-0.1, -0.05) is 31.9 Å². The first-order valence-electron chi connectivity index (χ1n) is 3.87. The molecule has 0 atom stereocenters. The van der Waals surface area contributed by atoms with Gasteiger partial charge in [0.1, 0.15) is 5.56 Å². The summed E-state index contributed by atoms with van der Waals surface area (Å²) in [6.45, 7) is 0. The molecule has 0 radical (unpaired) electrons. The number of halogens is 5. The van der Waals surface area contributed by atoms with Gasteiger partial charge in [-0.2, -0.15) is 13.2 Å². The van der Waals surface area contributed by atoms with Gasteiger partial charge in [0.05, 0.1) is 4.92 Å². The van der Waals surface area contributed by atoms with Crippen molar-refractivity contribution in [2.24, 2.45) is 0 Å². The molecule has 0 aliphatic heterocycles. The topological polar surface area (TPSA) is 43.1 Å². The predicted octanol–water partition coefficient (Wildman–Crippen LogP) is 4.27. The molecule has 0 N–H and O–H groups in total. The molecule has 0 heterocycles. The molecule has 0 unspecified atom stereocenters. The Morgan fingerprint density at radius 1 is 1.38 bits per heavy atom. The minimum atomic E-state index is -4.74. The highest BCUT2D eigenvalue weighted by molar-refractivity contribution is 9.10. The molecule has 16 heavy (non-hydrogen) atoms. The van der Waals surface area contributed by atoms with Crippen molar-refractivity contribution in [3.63, 3.8) is 0 Å². The molecule has 0 amide bonds. The lowest BCUT2D eigenvalue weighted by molar-refractivity contribution is -0.388. The second-order valence-corrected chi connectivity index (χ2v) is 4.32. The van der Waals surface area contributed by atoms with E-state index in [1.807, 2.05) is 0 Å². The molecule has 0 aromatic heterocycles. The van der Waals surface area contributed by atoms with E-state index < -0.39 is 22.4 Å². The molecule has 1 aromatic rings. The van der Waals surface area contributed by atoms with Gasteiger partial charge in [-0.05, 0) is 11.6 Å². The summed E-state index contributed by atoms with van der Waals surface area (Å²) in [7, 11) is 0. The van der Waals surface area contributed by atoms with Crippen LogP contribution in [-0.2, 0) is 11.5 Å². The van der Waals surface area contributed by atoms with E-state index >= 15 is 0 Å². The van der Waals surface area contributed by atoms with Gasteiger partial charge in [-0.25, -0.2) is 0 Å². The van der Waals surface area contributed by atoms with Gasteiger partial charge >= 0.3 is 6.18 Å². The minimum Gasteiger partial charge on any atom is -0.258 e. The summed E-state index contributed by atoms with van der Waals surface area (Å²) in [5.41, 5.74) is -2.33. The van der Waals surface area contributed by atoms with Crippen molar-refractivity contribution in [2.75, 3.05) is 0 Å². The fourth-order valence-corrected chi connectivity index (χ4v) is 2.16. The lowest BCUT2D eigenvalue weighted by atomic mass is 10.1. The first kappa shape index (κ1) is 13.4. The Labute approximate surface area is 105 Å². The second kappa shape index (κ2) is 4.70. The Balaban J connectivity index is 3.58. The summed E-state index contributed by atoms with van der Waals surface area (Å²) in [4.78, 5) is 9.52. The fraction of sp³-hybridized carbons (Fsp3) is 0.250. The highest BCUT2D eigenvalue weighted by atomic mass is 79.9. The molecule has 0 aliphatic carbocycles. The van der Waals surface area contributed by atoms with Crippen LogP contribution in [0.1, 0.15) is 11.1 Å². The van der Waals surface area contributed by atoms with Crippen LogP contribution in [0.25, 0.3) is 0 Å². The largest absolute Gasteiger partial charge is 0.423 e. The first-order chi connectivity index (χ1) is 7.27. The minimum absolute atomic E-state index is 0.109. The van der Waals surface area contributed by atoms with Crippen molar-refractivity contribution >= 4 is 37.5 Å². The standard InChI is InChI=1S/C8H4Br2F3NO2/c9-3-4-1-5(10)2-6(14(15)16)7(4)8(11,12)13/h1-2H,3H2. The number of nitro benzene ring substituents is 1. The number of rotatable bonds is 2. The van der Waals surface area contributed by atoms with Crippen molar-refractivity contribution in [1.82, 2.24) is 0 Å². The van der Waals surface area contributed by atoms with Crippen LogP contribution < -0.4 is 0 Å². The summed E-state index contributed by atoms with van der Waals surface area (Å²) in [5, 5.41) is 10.4. The lowest BCUT2D eigenvalue weighted by Crippen LogP contribution is -2.12. The van der Waals surface area contributed by atoms with Crippen LogP contribution in [0.3, 0.4) is 0 Å². The van der Waals surface area contributed by atoms with Gasteiger partial charge in [0, 0.05) is 15.9 Å². The number of hydrogen-bond donors (Lipinski definition) is 0. The van der Waals surface area contributed by atoms with Gasteiger partial charge < -0.3 is 0 Å². The summed E-state index contributed by atoms with van der Waals surface area (Å²) in [6, 6.07) is 2.04. The molecule has 3 nitrogen and oxygen atoms in total. The monoisotopic (exact) mass is 361 g/mol. The van der Waals surface area contributed by atoms with E-state index in [0.29, 0.717) is 0 Å². The van der Waals surface area contributed by atoms with Crippen LogP contribution >= 0.6 is 31.9 Å². The third kappa shape index (κ3) is 2.73. The highest BCUT2D eigenvalue weighted by Gasteiger charge is 2.40. The Morgan fingerprint density at radius 2 is 1.94 bits per heavy atom. The number of nitro groups is 1. The van der Waals surface area contributed by atoms with E-state index in [9.17, 15) is 23.3 Å². The average molecular weight is 363 g/mol. The lowest BCUT2D eigenvalue weighted by Gasteiger charge is -2.11. The van der Waals surface area contributed by atoms with Crippen LogP contribution in [0.4, 0.5) is 18.9 Å². The zero-order valence-corrected chi connectivity index (χ0v) is 10.7. The Morgan fingerprint density at radius 3 is 2.31 bits per heavy atom. The molecule has 0 bridgehead atoms. The highest BCUT2D eigenvalue weighted by Crippen LogP contribution is 2.40. The summed E-state index contributed by atoms with van der Waals surface area (Å²) in [6.07, 6.45) is -4.74. The van der Waals surface area contributed by atoms with E-state index in [4.69, 9.17) is 0 Å². The number of nitrogens with zero attached hydrogens (tertiary/aromatic N) is 1. The normalized spacial score (nSPS) is 11.6. The Kier molecular flexibility index (Phi) is 3.95. The molecule has 0 saturated heterocycles. The maximum atomic E-state index is 12.6. The molecule has 0 aliphatic rings. The van der Waals surface area contributed by atoms with E-state index in [1.165, 1.54) is 6.07 Å². The molecule has 1 aromatic carbocycles. The van der Waals surface area contributed by atoms with Crippen molar-refractivity contribution in [3.05, 3.63) is 37.8 Å². The Bertz CT molecular complexity index is 434. The molecule has 0 saturated carbocycles. The van der Waals surface area contributed by atoms with Gasteiger partial charge in [0.15, 0.2) is 0 Å². The molecular formula is C8H4Br2F3NO2. The Hall–Kier alpha value is -0.630. The van der Waals surface area contributed by atoms with Crippen LogP contribution in [0.15, 0.2) is 16.6 Å². The quantitative estimate of drug-likeness (QED) is 0.448. The van der Waals surface area contributed by atoms with Crippen molar-refractivity contribution < 1.29 is 18.1 Å². The number of benzene rings is 1.